The number of anilines is 1. The van der Waals surface area contributed by atoms with Gasteiger partial charge in [-0.1, -0.05) is 12.1 Å². The van der Waals surface area contributed by atoms with E-state index < -0.39 is 17.7 Å². The van der Waals surface area contributed by atoms with Gasteiger partial charge in [-0.3, -0.25) is 4.79 Å². The van der Waals surface area contributed by atoms with Gasteiger partial charge >= 0.3 is 5.97 Å². The summed E-state index contributed by atoms with van der Waals surface area (Å²) in [5.41, 5.74) is 5.72. The summed E-state index contributed by atoms with van der Waals surface area (Å²) >= 11 is 0. The molecule has 15 heavy (non-hydrogen) atoms. The molecule has 0 aliphatic carbocycles. The molecule has 1 atom stereocenters. The molecule has 2 N–H and O–H groups in total. The number of carbonyl (C=O) groups is 1. The molecular formula is C11H14FNO2. The molecule has 0 saturated carbocycles. The Kier molecular flexibility index (Phi) is 3.66. The minimum atomic E-state index is -0.631. The van der Waals surface area contributed by atoms with Gasteiger partial charge in [-0.2, -0.15) is 0 Å². The van der Waals surface area contributed by atoms with E-state index in [0.29, 0.717) is 0 Å². The van der Waals surface area contributed by atoms with Gasteiger partial charge in [0.1, 0.15) is 5.82 Å². The monoisotopic (exact) mass is 211 g/mol. The lowest BCUT2D eigenvalue weighted by Crippen LogP contribution is -2.14. The SMILES string of the molecule is CCOC(=O)C(C)c1cccc(N)c1F. The first-order chi connectivity index (χ1) is 7.07. The maximum atomic E-state index is 13.5. The minimum absolute atomic E-state index is 0.0450. The average molecular weight is 211 g/mol. The number of esters is 1. The summed E-state index contributed by atoms with van der Waals surface area (Å²) in [6.07, 6.45) is 0. The third kappa shape index (κ3) is 2.46. The first-order valence-electron chi connectivity index (χ1n) is 4.78. The molecule has 0 fully saturated rings. The van der Waals surface area contributed by atoms with Gasteiger partial charge in [-0.25, -0.2) is 4.39 Å². The molecule has 3 nitrogen and oxygen atoms in total. The van der Waals surface area contributed by atoms with Gasteiger partial charge in [0.15, 0.2) is 0 Å². The molecule has 0 saturated heterocycles. The number of ether oxygens (including phenoxy) is 1. The van der Waals surface area contributed by atoms with E-state index in [2.05, 4.69) is 0 Å². The second-order valence-corrected chi connectivity index (χ2v) is 3.22. The van der Waals surface area contributed by atoms with E-state index in [1.165, 1.54) is 12.1 Å². The molecule has 0 aliphatic heterocycles. The highest BCUT2D eigenvalue weighted by molar-refractivity contribution is 5.78. The van der Waals surface area contributed by atoms with E-state index in [9.17, 15) is 9.18 Å². The van der Waals surface area contributed by atoms with Crippen molar-refractivity contribution in [3.05, 3.63) is 29.6 Å². The van der Waals surface area contributed by atoms with Gasteiger partial charge in [-0.15, -0.1) is 0 Å². The van der Waals surface area contributed by atoms with Crippen LogP contribution in [0, 0.1) is 5.82 Å². The van der Waals surface area contributed by atoms with Crippen molar-refractivity contribution in [2.24, 2.45) is 0 Å². The van der Waals surface area contributed by atoms with E-state index in [-0.39, 0.29) is 17.9 Å². The van der Waals surface area contributed by atoms with Gasteiger partial charge in [0.25, 0.3) is 0 Å². The van der Waals surface area contributed by atoms with Crippen LogP contribution in [0.3, 0.4) is 0 Å². The number of carbonyl (C=O) groups excluding carboxylic acids is 1. The highest BCUT2D eigenvalue weighted by Crippen LogP contribution is 2.23. The Labute approximate surface area is 88.0 Å². The van der Waals surface area contributed by atoms with E-state index >= 15 is 0 Å². The van der Waals surface area contributed by atoms with Gasteiger partial charge in [-0.05, 0) is 19.9 Å². The van der Waals surface area contributed by atoms with Crippen LogP contribution in [-0.4, -0.2) is 12.6 Å². The second kappa shape index (κ2) is 4.77. The van der Waals surface area contributed by atoms with Crippen molar-refractivity contribution < 1.29 is 13.9 Å². The molecule has 1 rings (SSSR count). The van der Waals surface area contributed by atoms with Gasteiger partial charge in [0.2, 0.25) is 0 Å². The van der Waals surface area contributed by atoms with E-state index in [1.54, 1.807) is 19.9 Å². The smallest absolute Gasteiger partial charge is 0.313 e. The standard InChI is InChI=1S/C11H14FNO2/c1-3-15-11(14)7(2)8-5-4-6-9(13)10(8)12/h4-7H,3,13H2,1-2H3. The Morgan fingerprint density at radius 1 is 1.60 bits per heavy atom. The Balaban J connectivity index is 2.96. The lowest BCUT2D eigenvalue weighted by molar-refractivity contribution is -0.144. The number of rotatable bonds is 3. The molecule has 1 unspecified atom stereocenters. The van der Waals surface area contributed by atoms with E-state index in [1.807, 2.05) is 0 Å². The van der Waals surface area contributed by atoms with Crippen LogP contribution >= 0.6 is 0 Å². The molecule has 0 aromatic heterocycles. The lowest BCUT2D eigenvalue weighted by Gasteiger charge is -2.12. The first kappa shape index (κ1) is 11.5. The Bertz CT molecular complexity index is 366. The summed E-state index contributed by atoms with van der Waals surface area (Å²) in [7, 11) is 0. The second-order valence-electron chi connectivity index (χ2n) is 3.22. The Morgan fingerprint density at radius 2 is 2.27 bits per heavy atom. The van der Waals surface area contributed by atoms with Crippen molar-refractivity contribution in [2.45, 2.75) is 19.8 Å². The van der Waals surface area contributed by atoms with Crippen molar-refractivity contribution in [2.75, 3.05) is 12.3 Å². The van der Waals surface area contributed by atoms with Crippen LogP contribution in [0.4, 0.5) is 10.1 Å². The molecule has 1 aromatic carbocycles. The number of hydrogen-bond acceptors (Lipinski definition) is 3. The Hall–Kier alpha value is -1.58. The predicted octanol–water partition coefficient (Wildman–Crippen LogP) is 2.07. The van der Waals surface area contributed by atoms with Gasteiger partial charge in [0.05, 0.1) is 18.2 Å². The van der Waals surface area contributed by atoms with Crippen LogP contribution in [0.1, 0.15) is 25.3 Å². The highest BCUT2D eigenvalue weighted by atomic mass is 19.1. The lowest BCUT2D eigenvalue weighted by atomic mass is 10.00. The number of benzene rings is 1. The molecule has 0 radical (unpaired) electrons. The number of nitrogens with two attached hydrogens (primary N) is 1. The molecule has 0 bridgehead atoms. The zero-order chi connectivity index (χ0) is 11.4. The van der Waals surface area contributed by atoms with Crippen molar-refractivity contribution in [1.29, 1.82) is 0 Å². The highest BCUT2D eigenvalue weighted by Gasteiger charge is 2.20. The van der Waals surface area contributed by atoms with Gasteiger partial charge in [0, 0.05) is 5.56 Å². The largest absolute Gasteiger partial charge is 0.466 e. The van der Waals surface area contributed by atoms with Crippen LogP contribution in [-0.2, 0) is 9.53 Å². The third-order valence-electron chi connectivity index (χ3n) is 2.17. The Morgan fingerprint density at radius 3 is 2.87 bits per heavy atom. The van der Waals surface area contributed by atoms with Crippen LogP contribution in [0.5, 0.6) is 0 Å². The van der Waals surface area contributed by atoms with Crippen molar-refractivity contribution in [3.63, 3.8) is 0 Å². The van der Waals surface area contributed by atoms with Crippen LogP contribution < -0.4 is 5.73 Å². The minimum Gasteiger partial charge on any atom is -0.466 e. The molecule has 82 valence electrons. The number of halogens is 1. The summed E-state index contributed by atoms with van der Waals surface area (Å²) in [5.74, 6) is -1.62. The average Bonchev–Trinajstić information content (AvgIpc) is 2.21. The fraction of sp³-hybridized carbons (Fsp3) is 0.364. The molecule has 4 heteroatoms. The normalized spacial score (nSPS) is 12.2. The summed E-state index contributed by atoms with van der Waals surface area (Å²) < 4.78 is 18.3. The quantitative estimate of drug-likeness (QED) is 0.615. The summed E-state index contributed by atoms with van der Waals surface area (Å²) in [4.78, 5) is 11.4. The van der Waals surface area contributed by atoms with Gasteiger partial charge < -0.3 is 10.5 Å². The third-order valence-corrected chi connectivity index (χ3v) is 2.17. The number of hydrogen-bond donors (Lipinski definition) is 1. The van der Waals surface area contributed by atoms with Crippen LogP contribution in [0.15, 0.2) is 18.2 Å². The predicted molar refractivity (Wildman–Crippen MR) is 55.9 cm³/mol. The first-order valence-corrected chi connectivity index (χ1v) is 4.78. The topological polar surface area (TPSA) is 52.3 Å². The van der Waals surface area contributed by atoms with Crippen LogP contribution in [0.25, 0.3) is 0 Å². The fourth-order valence-corrected chi connectivity index (χ4v) is 1.30. The van der Waals surface area contributed by atoms with Crippen molar-refractivity contribution in [1.82, 2.24) is 0 Å². The van der Waals surface area contributed by atoms with Crippen molar-refractivity contribution in [3.8, 4) is 0 Å². The maximum absolute atomic E-state index is 13.5. The molecular weight excluding hydrogens is 197 g/mol. The van der Waals surface area contributed by atoms with E-state index in [0.717, 1.165) is 0 Å². The molecule has 0 heterocycles. The van der Waals surface area contributed by atoms with E-state index in [4.69, 9.17) is 10.5 Å². The van der Waals surface area contributed by atoms with Crippen LogP contribution in [0.2, 0.25) is 0 Å². The zero-order valence-electron chi connectivity index (χ0n) is 8.79. The maximum Gasteiger partial charge on any atom is 0.313 e. The molecule has 0 aliphatic rings. The molecule has 1 aromatic rings. The summed E-state index contributed by atoms with van der Waals surface area (Å²) in [6.45, 7) is 3.59. The molecule has 0 spiro atoms. The van der Waals surface area contributed by atoms with Crippen molar-refractivity contribution >= 4 is 11.7 Å². The number of nitrogen functional groups attached to an aromatic ring is 1. The summed E-state index contributed by atoms with van der Waals surface area (Å²) in [6, 6.07) is 4.60. The zero-order valence-corrected chi connectivity index (χ0v) is 8.79. The fourth-order valence-electron chi connectivity index (χ4n) is 1.30. The molecule has 0 amide bonds. The summed E-state index contributed by atoms with van der Waals surface area (Å²) in [5, 5.41) is 0.